The minimum absolute atomic E-state index is 0.0813. The Morgan fingerprint density at radius 2 is 1.84 bits per heavy atom. The Hall–Kier alpha value is -1.40. The zero-order valence-corrected chi connectivity index (χ0v) is 22.2. The fraction of sp³-hybridized carbons (Fsp3) is 0.760. The van der Waals surface area contributed by atoms with Crippen LogP contribution in [0.1, 0.15) is 74.1 Å². The second kappa shape index (κ2) is 11.0. The largest absolute Gasteiger partial charge is 0.461 e. The van der Waals surface area contributed by atoms with Crippen LogP contribution in [0.4, 0.5) is 0 Å². The number of hydrogen-bond acceptors (Lipinski definition) is 5. The molecule has 1 aliphatic rings. The van der Waals surface area contributed by atoms with Crippen LogP contribution in [0, 0.1) is 11.3 Å². The molecule has 0 radical (unpaired) electrons. The number of carbonyl (C=O) groups is 2. The van der Waals surface area contributed by atoms with E-state index in [0.717, 1.165) is 24.8 Å². The molecule has 5 nitrogen and oxygen atoms in total. The van der Waals surface area contributed by atoms with Crippen LogP contribution in [0.2, 0.25) is 18.1 Å². The maximum Gasteiger partial charge on any atom is 0.303 e. The third kappa shape index (κ3) is 8.57. The van der Waals surface area contributed by atoms with E-state index < -0.39 is 14.4 Å². The van der Waals surface area contributed by atoms with Crippen LogP contribution in [0.3, 0.4) is 0 Å². The molecule has 0 aromatic heterocycles. The summed E-state index contributed by atoms with van der Waals surface area (Å²) in [5, 5.41) is 0.0933. The molecule has 0 N–H and O–H groups in total. The van der Waals surface area contributed by atoms with E-state index in [4.69, 9.17) is 13.9 Å². The van der Waals surface area contributed by atoms with Crippen molar-refractivity contribution in [3.8, 4) is 0 Å². The SMILES string of the molecule is C=C1CCCC(C)(C)[C@@H]1C[C@@H](OC(C)=O)/C(=C/CO[Si](C)(C)C(C)(C)C)COC(C)=O. The summed E-state index contributed by atoms with van der Waals surface area (Å²) in [5.74, 6) is -0.476. The number of ether oxygens (including phenoxy) is 2. The van der Waals surface area contributed by atoms with Crippen molar-refractivity contribution in [3.63, 3.8) is 0 Å². The van der Waals surface area contributed by atoms with Gasteiger partial charge in [0.15, 0.2) is 8.32 Å². The van der Waals surface area contributed by atoms with Crippen LogP contribution in [-0.2, 0) is 23.5 Å². The molecule has 1 rings (SSSR count). The van der Waals surface area contributed by atoms with Gasteiger partial charge in [-0.05, 0) is 55.1 Å². The molecule has 0 unspecified atom stereocenters. The lowest BCUT2D eigenvalue weighted by Crippen LogP contribution is -2.41. The Bertz CT molecular complexity index is 685. The summed E-state index contributed by atoms with van der Waals surface area (Å²) >= 11 is 0. The molecule has 0 aliphatic heterocycles. The summed E-state index contributed by atoms with van der Waals surface area (Å²) in [4.78, 5) is 23.4. The van der Waals surface area contributed by atoms with Gasteiger partial charge in [0.25, 0.3) is 0 Å². The molecule has 0 aromatic rings. The van der Waals surface area contributed by atoms with E-state index in [0.29, 0.717) is 13.0 Å². The van der Waals surface area contributed by atoms with Crippen molar-refractivity contribution in [1.29, 1.82) is 0 Å². The predicted octanol–water partition coefficient (Wildman–Crippen LogP) is 6.20. The van der Waals surface area contributed by atoms with Crippen molar-refractivity contribution in [3.05, 3.63) is 23.8 Å². The van der Waals surface area contributed by atoms with E-state index in [-0.39, 0.29) is 34.9 Å². The van der Waals surface area contributed by atoms with Gasteiger partial charge in [-0.25, -0.2) is 0 Å². The number of hydrogen-bond donors (Lipinski definition) is 0. The summed E-state index contributed by atoms with van der Waals surface area (Å²) in [6.07, 6.45) is 5.35. The topological polar surface area (TPSA) is 61.8 Å². The zero-order valence-electron chi connectivity index (χ0n) is 21.2. The maximum absolute atomic E-state index is 11.9. The highest BCUT2D eigenvalue weighted by molar-refractivity contribution is 6.74. The third-order valence-corrected chi connectivity index (χ3v) is 11.5. The highest BCUT2D eigenvalue weighted by Crippen LogP contribution is 2.46. The summed E-state index contributed by atoms with van der Waals surface area (Å²) in [6.45, 7) is 23.1. The van der Waals surface area contributed by atoms with Crippen molar-refractivity contribution in [2.45, 2.75) is 98.4 Å². The van der Waals surface area contributed by atoms with E-state index in [9.17, 15) is 9.59 Å². The van der Waals surface area contributed by atoms with Gasteiger partial charge in [-0.3, -0.25) is 9.59 Å². The molecule has 31 heavy (non-hydrogen) atoms. The summed E-state index contributed by atoms with van der Waals surface area (Å²) in [7, 11) is -1.93. The van der Waals surface area contributed by atoms with Gasteiger partial charge in [0.1, 0.15) is 12.7 Å². The molecule has 0 heterocycles. The second-order valence-corrected chi connectivity index (χ2v) is 15.8. The number of esters is 2. The predicted molar refractivity (Wildman–Crippen MR) is 128 cm³/mol. The lowest BCUT2D eigenvalue weighted by Gasteiger charge is -2.42. The van der Waals surface area contributed by atoms with Gasteiger partial charge >= 0.3 is 11.9 Å². The fourth-order valence-electron chi connectivity index (χ4n) is 3.89. The number of rotatable bonds is 9. The molecule has 0 aromatic carbocycles. The first kappa shape index (κ1) is 27.6. The third-order valence-electron chi connectivity index (χ3n) is 6.96. The van der Waals surface area contributed by atoms with Gasteiger partial charge in [0.05, 0.1) is 6.61 Å². The van der Waals surface area contributed by atoms with Crippen molar-refractivity contribution < 1.29 is 23.5 Å². The zero-order chi connectivity index (χ0) is 24.0. The molecular formula is C25H44O5Si. The molecule has 6 heteroatoms. The van der Waals surface area contributed by atoms with Gasteiger partial charge < -0.3 is 13.9 Å². The molecule has 0 amide bonds. The Balaban J connectivity index is 3.16. The first-order valence-corrected chi connectivity index (χ1v) is 14.3. The van der Waals surface area contributed by atoms with Gasteiger partial charge in [-0.15, -0.1) is 0 Å². The van der Waals surface area contributed by atoms with Crippen molar-refractivity contribution in [1.82, 2.24) is 0 Å². The monoisotopic (exact) mass is 452 g/mol. The van der Waals surface area contributed by atoms with Crippen LogP contribution in [0.25, 0.3) is 0 Å². The van der Waals surface area contributed by atoms with Gasteiger partial charge in [0.2, 0.25) is 0 Å². The summed E-state index contributed by atoms with van der Waals surface area (Å²) < 4.78 is 17.4. The molecule has 0 bridgehead atoms. The molecule has 0 saturated heterocycles. The highest BCUT2D eigenvalue weighted by atomic mass is 28.4. The van der Waals surface area contributed by atoms with E-state index >= 15 is 0 Å². The molecular weight excluding hydrogens is 408 g/mol. The lowest BCUT2D eigenvalue weighted by atomic mass is 9.64. The minimum Gasteiger partial charge on any atom is -0.461 e. The van der Waals surface area contributed by atoms with Crippen molar-refractivity contribution in [2.75, 3.05) is 13.2 Å². The molecule has 178 valence electrons. The molecule has 0 spiro atoms. The average Bonchev–Trinajstić information content (AvgIpc) is 2.58. The van der Waals surface area contributed by atoms with E-state index in [2.05, 4.69) is 54.3 Å². The fourth-order valence-corrected chi connectivity index (χ4v) is 4.82. The molecule has 1 saturated carbocycles. The summed E-state index contributed by atoms with van der Waals surface area (Å²) in [6, 6.07) is 0. The summed E-state index contributed by atoms with van der Waals surface area (Å²) in [5.41, 5.74) is 2.06. The maximum atomic E-state index is 11.9. The number of carbonyl (C=O) groups excluding carboxylic acids is 2. The average molecular weight is 453 g/mol. The minimum atomic E-state index is -1.93. The smallest absolute Gasteiger partial charge is 0.303 e. The normalized spacial score (nSPS) is 20.9. The first-order valence-electron chi connectivity index (χ1n) is 11.4. The van der Waals surface area contributed by atoms with Gasteiger partial charge in [-0.2, -0.15) is 0 Å². The Kier molecular flexibility index (Phi) is 9.76. The standard InChI is InChI=1S/C25H44O5Si/c1-18-12-11-14-25(7,8)22(18)16-23(30-20(3)27)21(17-28-19(2)26)13-15-29-31(9,10)24(4,5)6/h13,22-23H,1,11-12,14-17H2,2-10H3/b21-13+/t22-,23-/m1/s1. The van der Waals surface area contributed by atoms with Crippen LogP contribution in [0.15, 0.2) is 23.8 Å². The Labute approximate surface area is 190 Å². The molecule has 1 fully saturated rings. The molecule has 2 atom stereocenters. The van der Waals surface area contributed by atoms with Gasteiger partial charge in [-0.1, -0.05) is 52.8 Å². The van der Waals surface area contributed by atoms with E-state index in [1.807, 2.05) is 6.08 Å². The van der Waals surface area contributed by atoms with Crippen LogP contribution in [-0.4, -0.2) is 39.6 Å². The molecule has 1 aliphatic carbocycles. The quantitative estimate of drug-likeness (QED) is 0.237. The van der Waals surface area contributed by atoms with E-state index in [1.165, 1.54) is 19.4 Å². The van der Waals surface area contributed by atoms with Crippen LogP contribution < -0.4 is 0 Å². The highest BCUT2D eigenvalue weighted by Gasteiger charge is 2.38. The Morgan fingerprint density at radius 3 is 2.32 bits per heavy atom. The second-order valence-electron chi connectivity index (χ2n) is 11.0. The van der Waals surface area contributed by atoms with Crippen molar-refractivity contribution >= 4 is 20.3 Å². The van der Waals surface area contributed by atoms with Crippen molar-refractivity contribution in [2.24, 2.45) is 11.3 Å². The first-order chi connectivity index (χ1) is 14.1. The van der Waals surface area contributed by atoms with Gasteiger partial charge in [0, 0.05) is 19.4 Å². The van der Waals surface area contributed by atoms with E-state index in [1.54, 1.807) is 0 Å². The van der Waals surface area contributed by atoms with Crippen LogP contribution in [0.5, 0.6) is 0 Å². The lowest BCUT2D eigenvalue weighted by molar-refractivity contribution is -0.146. The van der Waals surface area contributed by atoms with Crippen LogP contribution >= 0.6 is 0 Å². The number of allylic oxidation sites excluding steroid dienone is 1. The Morgan fingerprint density at radius 1 is 1.23 bits per heavy atom.